The van der Waals surface area contributed by atoms with Gasteiger partial charge < -0.3 is 10.1 Å². The predicted octanol–water partition coefficient (Wildman–Crippen LogP) is 7.94. The predicted molar refractivity (Wildman–Crippen MR) is 149 cm³/mol. The van der Waals surface area contributed by atoms with Crippen LogP contribution in [0.1, 0.15) is 96.8 Å². The number of nitrogens with zero attached hydrogens (tertiary/aromatic N) is 1. The number of hydrogen-bond acceptors (Lipinski definition) is 4. The molecule has 0 saturated heterocycles. The number of aliphatic hydroxyl groups excluding tert-OH is 1. The molecule has 2 aromatic carbocycles. The van der Waals surface area contributed by atoms with Gasteiger partial charge in [-0.3, -0.25) is 4.55 Å². The van der Waals surface area contributed by atoms with Crippen LogP contribution in [0.4, 0.5) is 0 Å². The topological polar surface area (TPSA) is 103 Å². The maximum Gasteiger partial charge on any atom is 0.328 e. The Morgan fingerprint density at radius 1 is 0.722 bits per heavy atom. The molecule has 0 aliphatic carbocycles. The zero-order valence-corrected chi connectivity index (χ0v) is 22.6. The molecule has 6 nitrogen and oxygen atoms in total. The summed E-state index contributed by atoms with van der Waals surface area (Å²) < 4.78 is 31.3. The number of aromatic amines is 1. The summed E-state index contributed by atoms with van der Waals surface area (Å²) in [7, 11) is -4.33. The monoisotopic (exact) mass is 516 g/mol. The fourth-order valence-corrected chi connectivity index (χ4v) is 4.73. The van der Waals surface area contributed by atoms with E-state index in [4.69, 9.17) is 9.66 Å². The lowest BCUT2D eigenvalue weighted by Gasteiger charge is -2.02. The van der Waals surface area contributed by atoms with Crippen molar-refractivity contribution < 1.29 is 18.1 Å². The molecule has 0 aliphatic heterocycles. The summed E-state index contributed by atoms with van der Waals surface area (Å²) in [5, 5.41) is 8.20. The number of imidazole rings is 1. The third kappa shape index (κ3) is 11.2. The average Bonchev–Trinajstić information content (AvgIpc) is 3.33. The highest BCUT2D eigenvalue weighted by Gasteiger charge is 2.17. The molecule has 36 heavy (non-hydrogen) atoms. The van der Waals surface area contributed by atoms with Gasteiger partial charge in [0.2, 0.25) is 0 Å². The van der Waals surface area contributed by atoms with Crippen molar-refractivity contribution in [2.24, 2.45) is 0 Å². The highest BCUT2D eigenvalue weighted by atomic mass is 32.2. The van der Waals surface area contributed by atoms with E-state index in [9.17, 15) is 8.42 Å². The first kappa shape index (κ1) is 30.0. The van der Waals surface area contributed by atoms with Crippen molar-refractivity contribution in [1.82, 2.24) is 9.97 Å². The Balaban J connectivity index is 0.000000256. The molecule has 0 radical (unpaired) electrons. The first-order chi connectivity index (χ1) is 17.5. The van der Waals surface area contributed by atoms with Crippen molar-refractivity contribution in [3.05, 3.63) is 48.5 Å². The first-order valence-electron chi connectivity index (χ1n) is 13.6. The molecule has 3 rings (SSSR count). The average molecular weight is 517 g/mol. The second kappa shape index (κ2) is 17.3. The minimum Gasteiger partial charge on any atom is -0.396 e. The van der Waals surface area contributed by atoms with Gasteiger partial charge in [-0.25, -0.2) is 4.98 Å². The lowest BCUT2D eigenvalue weighted by Crippen LogP contribution is -1.99. The molecular weight excluding hydrogens is 472 g/mol. The third-order valence-corrected chi connectivity index (χ3v) is 7.01. The SMILES string of the molecule is CCCCCCCCCCCCCCCCO.O=S(=O)(O)c1nc2c(-c3ccccc3)cccc2[nH]1. The van der Waals surface area contributed by atoms with E-state index >= 15 is 0 Å². The van der Waals surface area contributed by atoms with Crippen molar-refractivity contribution >= 4 is 21.2 Å². The molecule has 200 valence electrons. The van der Waals surface area contributed by atoms with E-state index in [1.54, 1.807) is 12.1 Å². The summed E-state index contributed by atoms with van der Waals surface area (Å²) in [5.41, 5.74) is 2.82. The summed E-state index contributed by atoms with van der Waals surface area (Å²) in [6, 6.07) is 14.9. The minimum absolute atomic E-state index is 0.373. The molecule has 3 N–H and O–H groups in total. The van der Waals surface area contributed by atoms with E-state index in [0.29, 0.717) is 17.6 Å². The smallest absolute Gasteiger partial charge is 0.328 e. The molecule has 3 aromatic rings. The Bertz CT molecular complexity index is 1070. The van der Waals surface area contributed by atoms with Crippen LogP contribution in [0.15, 0.2) is 53.7 Å². The molecule has 0 spiro atoms. The Morgan fingerprint density at radius 3 is 1.75 bits per heavy atom. The fourth-order valence-electron chi connectivity index (χ4n) is 4.29. The van der Waals surface area contributed by atoms with Gasteiger partial charge in [0.15, 0.2) is 0 Å². The van der Waals surface area contributed by atoms with Gasteiger partial charge in [0, 0.05) is 12.2 Å². The van der Waals surface area contributed by atoms with Crippen LogP contribution in [-0.2, 0) is 10.1 Å². The first-order valence-corrected chi connectivity index (χ1v) is 15.0. The Hall–Kier alpha value is -2.22. The van der Waals surface area contributed by atoms with Gasteiger partial charge in [0.25, 0.3) is 5.16 Å². The van der Waals surface area contributed by atoms with Crippen LogP contribution in [0.3, 0.4) is 0 Å². The molecule has 0 fully saturated rings. The molecule has 0 saturated carbocycles. The summed E-state index contributed by atoms with van der Waals surface area (Å²) in [4.78, 5) is 6.56. The Labute approximate surface area is 217 Å². The lowest BCUT2D eigenvalue weighted by molar-refractivity contribution is 0.282. The third-order valence-electron chi connectivity index (χ3n) is 6.33. The molecule has 0 unspecified atom stereocenters. The lowest BCUT2D eigenvalue weighted by atomic mass is 10.0. The highest BCUT2D eigenvalue weighted by Crippen LogP contribution is 2.27. The van der Waals surface area contributed by atoms with Crippen molar-refractivity contribution in [2.75, 3.05) is 6.61 Å². The quantitative estimate of drug-likeness (QED) is 0.132. The van der Waals surface area contributed by atoms with Crippen LogP contribution in [0.25, 0.3) is 22.2 Å². The van der Waals surface area contributed by atoms with Crippen LogP contribution in [0.5, 0.6) is 0 Å². The van der Waals surface area contributed by atoms with Crippen LogP contribution < -0.4 is 0 Å². The number of nitrogens with one attached hydrogen (secondary N) is 1. The molecule has 1 heterocycles. The number of benzene rings is 2. The van der Waals surface area contributed by atoms with Crippen molar-refractivity contribution in [3.63, 3.8) is 0 Å². The number of unbranched alkanes of at least 4 members (excludes halogenated alkanes) is 13. The molecule has 1 aromatic heterocycles. The number of rotatable bonds is 16. The normalized spacial score (nSPS) is 11.4. The molecular formula is C29H44N2O4S. The van der Waals surface area contributed by atoms with Gasteiger partial charge >= 0.3 is 10.1 Å². The largest absolute Gasteiger partial charge is 0.396 e. The van der Waals surface area contributed by atoms with Gasteiger partial charge in [0.1, 0.15) is 0 Å². The summed E-state index contributed by atoms with van der Waals surface area (Å²) in [5.74, 6) is 0. The highest BCUT2D eigenvalue weighted by molar-refractivity contribution is 7.85. The van der Waals surface area contributed by atoms with Gasteiger partial charge in [-0.1, -0.05) is 133 Å². The van der Waals surface area contributed by atoms with Gasteiger partial charge in [-0.2, -0.15) is 8.42 Å². The summed E-state index contributed by atoms with van der Waals surface area (Å²) in [6.07, 6.45) is 19.2. The summed E-state index contributed by atoms with van der Waals surface area (Å²) in [6.45, 7) is 2.65. The maximum atomic E-state index is 11.1. The molecule has 0 atom stereocenters. The van der Waals surface area contributed by atoms with Crippen molar-refractivity contribution in [3.8, 4) is 11.1 Å². The number of H-pyrrole nitrogens is 1. The van der Waals surface area contributed by atoms with Gasteiger partial charge in [-0.05, 0) is 18.1 Å². The maximum absolute atomic E-state index is 11.1. The zero-order valence-electron chi connectivity index (χ0n) is 21.8. The Kier molecular flexibility index (Phi) is 14.4. The standard InChI is InChI=1S/C16H34O.C13H10N2O3S/c1-2-3-4-5-6-7-8-9-10-11-12-13-14-15-16-17;16-19(17,18)13-14-11-8-4-7-10(12(11)15-13)9-5-2-1-3-6-9/h17H,2-16H2,1H3;1-8H,(H,14,15)(H,16,17,18). The van der Waals surface area contributed by atoms with E-state index < -0.39 is 15.3 Å². The van der Waals surface area contributed by atoms with Crippen LogP contribution in [-0.4, -0.2) is 34.7 Å². The van der Waals surface area contributed by atoms with Gasteiger partial charge in [-0.15, -0.1) is 0 Å². The number of aliphatic hydroxyl groups is 1. The zero-order chi connectivity index (χ0) is 26.1. The second-order valence-electron chi connectivity index (χ2n) is 9.40. The fraction of sp³-hybridized carbons (Fsp3) is 0.552. The van der Waals surface area contributed by atoms with E-state index in [-0.39, 0.29) is 0 Å². The number of para-hydroxylation sites is 1. The van der Waals surface area contributed by atoms with Crippen LogP contribution in [0.2, 0.25) is 0 Å². The second-order valence-corrected chi connectivity index (χ2v) is 10.7. The number of aromatic nitrogens is 2. The van der Waals surface area contributed by atoms with E-state index in [1.807, 2.05) is 36.4 Å². The van der Waals surface area contributed by atoms with E-state index in [0.717, 1.165) is 17.5 Å². The number of hydrogen-bond donors (Lipinski definition) is 3. The molecule has 0 bridgehead atoms. The van der Waals surface area contributed by atoms with Crippen LogP contribution in [0, 0.1) is 0 Å². The van der Waals surface area contributed by atoms with E-state index in [1.165, 1.54) is 83.5 Å². The summed E-state index contributed by atoms with van der Waals surface area (Å²) >= 11 is 0. The van der Waals surface area contributed by atoms with Crippen LogP contribution >= 0.6 is 0 Å². The Morgan fingerprint density at radius 2 is 1.25 bits per heavy atom. The van der Waals surface area contributed by atoms with Crippen molar-refractivity contribution in [1.29, 1.82) is 0 Å². The molecule has 0 aliphatic rings. The molecule has 0 amide bonds. The molecule has 7 heteroatoms. The number of fused-ring (bicyclic) bond motifs is 1. The minimum atomic E-state index is -4.33. The van der Waals surface area contributed by atoms with E-state index in [2.05, 4.69) is 16.9 Å². The van der Waals surface area contributed by atoms with Gasteiger partial charge in [0.05, 0.1) is 11.0 Å². The van der Waals surface area contributed by atoms with Crippen molar-refractivity contribution in [2.45, 2.75) is 102 Å².